The van der Waals surface area contributed by atoms with E-state index in [9.17, 15) is 4.79 Å². The smallest absolute Gasteiger partial charge is 0.258 e. The van der Waals surface area contributed by atoms with E-state index in [2.05, 4.69) is 15.2 Å². The molecule has 0 saturated heterocycles. The number of rotatable bonds is 6. The highest BCUT2D eigenvalue weighted by Crippen LogP contribution is 2.25. The molecule has 0 radical (unpaired) electrons. The van der Waals surface area contributed by atoms with Crippen molar-refractivity contribution in [3.63, 3.8) is 0 Å². The maximum atomic E-state index is 12.3. The molecule has 0 N–H and O–H groups in total. The molecule has 10 heteroatoms. The molecule has 0 fully saturated rings. The summed E-state index contributed by atoms with van der Waals surface area (Å²) >= 11 is 9.03. The Morgan fingerprint density at radius 2 is 2.11 bits per heavy atom. The molecule has 0 amide bonds. The standard InChI is InChI=1S/C18H16ClN5O2S2/c1-11-9-27-17-20-12(7-16(25)24(11)17)10-28-18-22-21-15(23(18)2)8-26-14-6-4-3-5-13(14)19/h3-7,9H,8,10H2,1-2H3. The molecular weight excluding hydrogens is 418 g/mol. The van der Waals surface area contributed by atoms with Gasteiger partial charge in [-0.3, -0.25) is 9.20 Å². The molecule has 7 nitrogen and oxygen atoms in total. The molecule has 0 atom stereocenters. The lowest BCUT2D eigenvalue weighted by molar-refractivity contribution is 0.290. The highest BCUT2D eigenvalue weighted by molar-refractivity contribution is 7.98. The van der Waals surface area contributed by atoms with Gasteiger partial charge < -0.3 is 9.30 Å². The van der Waals surface area contributed by atoms with Crippen molar-refractivity contribution in [1.29, 1.82) is 0 Å². The third-order valence-corrected chi connectivity index (χ3v) is 6.41. The van der Waals surface area contributed by atoms with Crippen molar-refractivity contribution >= 4 is 39.7 Å². The van der Waals surface area contributed by atoms with Crippen LogP contribution in [-0.2, 0) is 19.4 Å². The van der Waals surface area contributed by atoms with Gasteiger partial charge in [-0.1, -0.05) is 35.5 Å². The van der Waals surface area contributed by atoms with Crippen LogP contribution in [0.25, 0.3) is 4.96 Å². The maximum absolute atomic E-state index is 12.3. The van der Waals surface area contributed by atoms with Crippen LogP contribution in [0.15, 0.2) is 45.7 Å². The number of thioether (sulfide) groups is 1. The van der Waals surface area contributed by atoms with Crippen LogP contribution in [0.2, 0.25) is 5.02 Å². The topological polar surface area (TPSA) is 74.3 Å². The van der Waals surface area contributed by atoms with Crippen molar-refractivity contribution in [3.05, 3.63) is 68.3 Å². The van der Waals surface area contributed by atoms with Crippen LogP contribution in [-0.4, -0.2) is 24.1 Å². The van der Waals surface area contributed by atoms with Gasteiger partial charge in [0, 0.05) is 29.9 Å². The second kappa shape index (κ2) is 7.94. The fraction of sp³-hybridized carbons (Fsp3) is 0.222. The van der Waals surface area contributed by atoms with Crippen LogP contribution in [0.4, 0.5) is 0 Å². The largest absolute Gasteiger partial charge is 0.484 e. The quantitative estimate of drug-likeness (QED) is 0.431. The number of hydrogen-bond donors (Lipinski definition) is 0. The molecule has 0 aliphatic heterocycles. The molecule has 3 aromatic heterocycles. The second-order valence-electron chi connectivity index (χ2n) is 6.05. The van der Waals surface area contributed by atoms with Gasteiger partial charge in [0.2, 0.25) is 0 Å². The molecule has 4 aromatic rings. The van der Waals surface area contributed by atoms with Gasteiger partial charge in [-0.2, -0.15) is 0 Å². The summed E-state index contributed by atoms with van der Waals surface area (Å²) in [5.41, 5.74) is 1.55. The molecule has 0 spiro atoms. The third kappa shape index (κ3) is 3.78. The first kappa shape index (κ1) is 19.0. The fourth-order valence-electron chi connectivity index (χ4n) is 2.61. The van der Waals surface area contributed by atoms with E-state index in [0.717, 1.165) is 10.9 Å². The number of halogens is 1. The summed E-state index contributed by atoms with van der Waals surface area (Å²) < 4.78 is 9.21. The molecule has 0 unspecified atom stereocenters. The number of benzene rings is 1. The summed E-state index contributed by atoms with van der Waals surface area (Å²) in [4.78, 5) is 17.5. The zero-order valence-corrected chi connectivity index (χ0v) is 17.5. The number of aromatic nitrogens is 5. The minimum atomic E-state index is -0.0638. The van der Waals surface area contributed by atoms with Crippen molar-refractivity contribution in [2.24, 2.45) is 7.05 Å². The lowest BCUT2D eigenvalue weighted by Crippen LogP contribution is -2.14. The van der Waals surface area contributed by atoms with Gasteiger partial charge in [0.1, 0.15) is 12.4 Å². The van der Waals surface area contributed by atoms with E-state index in [1.54, 1.807) is 22.6 Å². The Bertz CT molecular complexity index is 1200. The Kier molecular flexibility index (Phi) is 5.38. The van der Waals surface area contributed by atoms with Crippen LogP contribution < -0.4 is 10.3 Å². The normalized spacial score (nSPS) is 11.2. The van der Waals surface area contributed by atoms with E-state index in [1.165, 1.54) is 23.1 Å². The highest BCUT2D eigenvalue weighted by atomic mass is 35.5. The zero-order chi connectivity index (χ0) is 19.7. The lowest BCUT2D eigenvalue weighted by atomic mass is 10.3. The van der Waals surface area contributed by atoms with Crippen molar-refractivity contribution in [2.75, 3.05) is 0 Å². The van der Waals surface area contributed by atoms with Crippen molar-refractivity contribution in [1.82, 2.24) is 24.1 Å². The van der Waals surface area contributed by atoms with Crippen molar-refractivity contribution in [2.45, 2.75) is 24.4 Å². The van der Waals surface area contributed by atoms with E-state index in [4.69, 9.17) is 16.3 Å². The average molecular weight is 434 g/mol. The average Bonchev–Trinajstić information content (AvgIpc) is 3.22. The van der Waals surface area contributed by atoms with Crippen molar-refractivity contribution < 1.29 is 4.74 Å². The zero-order valence-electron chi connectivity index (χ0n) is 15.1. The number of ether oxygens (including phenoxy) is 1. The lowest BCUT2D eigenvalue weighted by Gasteiger charge is -2.07. The van der Waals surface area contributed by atoms with Crippen LogP contribution in [0.1, 0.15) is 17.2 Å². The molecule has 1 aromatic carbocycles. The molecule has 0 saturated carbocycles. The highest BCUT2D eigenvalue weighted by Gasteiger charge is 2.13. The number of nitrogens with zero attached hydrogens (tertiary/aromatic N) is 5. The third-order valence-electron chi connectivity index (χ3n) is 4.10. The first-order valence-corrected chi connectivity index (χ1v) is 10.6. The van der Waals surface area contributed by atoms with Gasteiger partial charge in [0.05, 0.1) is 10.7 Å². The SMILES string of the molecule is Cc1csc2nc(CSc3nnc(COc4ccccc4Cl)n3C)cc(=O)n12. The number of thiazole rings is 1. The van der Waals surface area contributed by atoms with Crippen LogP contribution in [0.5, 0.6) is 5.75 Å². The predicted octanol–water partition coefficient (Wildman–Crippen LogP) is 3.72. The number of hydrogen-bond acceptors (Lipinski definition) is 7. The Morgan fingerprint density at radius 1 is 1.29 bits per heavy atom. The molecule has 3 heterocycles. The summed E-state index contributed by atoms with van der Waals surface area (Å²) in [6.07, 6.45) is 0. The fourth-order valence-corrected chi connectivity index (χ4v) is 4.52. The van der Waals surface area contributed by atoms with Gasteiger partial charge in [0.25, 0.3) is 5.56 Å². The molecule has 28 heavy (non-hydrogen) atoms. The molecule has 144 valence electrons. The summed E-state index contributed by atoms with van der Waals surface area (Å²) in [5.74, 6) is 1.81. The van der Waals surface area contributed by atoms with Crippen molar-refractivity contribution in [3.8, 4) is 5.75 Å². The minimum Gasteiger partial charge on any atom is -0.484 e. The van der Waals surface area contributed by atoms with Gasteiger partial charge in [-0.15, -0.1) is 21.5 Å². The Balaban J connectivity index is 1.45. The summed E-state index contributed by atoms with van der Waals surface area (Å²) in [6.45, 7) is 2.15. The number of aryl methyl sites for hydroxylation is 1. The Hall–Kier alpha value is -2.36. The van der Waals surface area contributed by atoms with Gasteiger partial charge in [-0.25, -0.2) is 4.98 Å². The number of fused-ring (bicyclic) bond motifs is 1. The second-order valence-corrected chi connectivity index (χ2v) is 8.23. The Labute approximate surface area is 174 Å². The predicted molar refractivity (Wildman–Crippen MR) is 110 cm³/mol. The van der Waals surface area contributed by atoms with Crippen LogP contribution in [0, 0.1) is 6.92 Å². The summed E-state index contributed by atoms with van der Waals surface area (Å²) in [7, 11) is 1.88. The van der Waals surface area contributed by atoms with E-state index >= 15 is 0 Å². The first-order chi connectivity index (χ1) is 13.5. The van der Waals surface area contributed by atoms with Gasteiger partial charge in [-0.05, 0) is 19.1 Å². The van der Waals surface area contributed by atoms with E-state index in [0.29, 0.717) is 33.0 Å². The summed E-state index contributed by atoms with van der Waals surface area (Å²) in [6, 6.07) is 8.86. The minimum absolute atomic E-state index is 0.0638. The molecule has 0 bridgehead atoms. The van der Waals surface area contributed by atoms with Gasteiger partial charge >= 0.3 is 0 Å². The van der Waals surface area contributed by atoms with E-state index < -0.39 is 0 Å². The molecular formula is C18H16ClN5O2S2. The van der Waals surface area contributed by atoms with Gasteiger partial charge in [0.15, 0.2) is 15.9 Å². The monoisotopic (exact) mass is 433 g/mol. The number of para-hydroxylation sites is 1. The van der Waals surface area contributed by atoms with E-state index in [-0.39, 0.29) is 12.2 Å². The molecule has 0 aliphatic carbocycles. The molecule has 0 aliphatic rings. The maximum Gasteiger partial charge on any atom is 0.258 e. The Morgan fingerprint density at radius 3 is 2.93 bits per heavy atom. The van der Waals surface area contributed by atoms with Crippen LogP contribution >= 0.6 is 34.7 Å². The van der Waals surface area contributed by atoms with Crippen LogP contribution in [0.3, 0.4) is 0 Å². The molecule has 4 rings (SSSR count). The first-order valence-electron chi connectivity index (χ1n) is 8.38. The summed E-state index contributed by atoms with van der Waals surface area (Å²) in [5, 5.41) is 11.6. The van der Waals surface area contributed by atoms with E-state index in [1.807, 2.05) is 36.1 Å².